The Hall–Kier alpha value is -2.68. The summed E-state index contributed by atoms with van der Waals surface area (Å²) in [6, 6.07) is 4.85. The van der Waals surface area contributed by atoms with Crippen molar-refractivity contribution in [3.8, 4) is 0 Å². The number of nitrogens with zero attached hydrogens (tertiary/aromatic N) is 4. The SMILES string of the molecule is CC(C)(C)OC(=O)NC1CCN(Cn2ncc3ccc([N+](=O)[O-])cc32)CC1. The van der Waals surface area contributed by atoms with Gasteiger partial charge in [-0.1, -0.05) is 0 Å². The number of nitro groups is 1. The Morgan fingerprint density at radius 1 is 1.37 bits per heavy atom. The molecular formula is C18H25N5O4. The highest BCUT2D eigenvalue weighted by Gasteiger charge is 2.24. The predicted molar refractivity (Wildman–Crippen MR) is 100 cm³/mol. The molecule has 27 heavy (non-hydrogen) atoms. The Kier molecular flexibility index (Phi) is 5.31. The highest BCUT2D eigenvalue weighted by atomic mass is 16.6. The summed E-state index contributed by atoms with van der Waals surface area (Å²) in [5, 5.41) is 19.2. The van der Waals surface area contributed by atoms with Gasteiger partial charge >= 0.3 is 6.09 Å². The van der Waals surface area contributed by atoms with Gasteiger partial charge in [-0.15, -0.1) is 0 Å². The van der Waals surface area contributed by atoms with E-state index in [1.165, 1.54) is 6.07 Å². The van der Waals surface area contributed by atoms with E-state index in [2.05, 4.69) is 15.3 Å². The zero-order chi connectivity index (χ0) is 19.6. The second-order valence-corrected chi connectivity index (χ2v) is 7.82. The summed E-state index contributed by atoms with van der Waals surface area (Å²) in [6.07, 6.45) is 2.97. The number of carbonyl (C=O) groups excluding carboxylic acids is 1. The van der Waals surface area contributed by atoms with Crippen LogP contribution in [0.3, 0.4) is 0 Å². The molecule has 1 amide bonds. The lowest BCUT2D eigenvalue weighted by atomic mass is 10.1. The van der Waals surface area contributed by atoms with Gasteiger partial charge in [0.1, 0.15) is 5.60 Å². The van der Waals surface area contributed by atoms with Crippen molar-refractivity contribution in [2.75, 3.05) is 13.1 Å². The summed E-state index contributed by atoms with van der Waals surface area (Å²) in [7, 11) is 0. The number of non-ortho nitro benzene ring substituents is 1. The van der Waals surface area contributed by atoms with Crippen molar-refractivity contribution >= 4 is 22.7 Å². The Labute approximate surface area is 157 Å². The second kappa shape index (κ2) is 7.51. The molecule has 1 saturated heterocycles. The topological polar surface area (TPSA) is 103 Å². The van der Waals surface area contributed by atoms with E-state index in [0.717, 1.165) is 36.8 Å². The molecule has 1 aromatic carbocycles. The van der Waals surface area contributed by atoms with Gasteiger partial charge in [0.2, 0.25) is 0 Å². The lowest BCUT2D eigenvalue weighted by Crippen LogP contribution is -2.46. The van der Waals surface area contributed by atoms with Gasteiger partial charge < -0.3 is 10.1 Å². The number of aromatic nitrogens is 2. The number of benzene rings is 1. The normalized spacial score (nSPS) is 16.4. The first-order valence-corrected chi connectivity index (χ1v) is 9.03. The number of carbonyl (C=O) groups is 1. The smallest absolute Gasteiger partial charge is 0.407 e. The average molecular weight is 375 g/mol. The molecular weight excluding hydrogens is 350 g/mol. The summed E-state index contributed by atoms with van der Waals surface area (Å²) in [4.78, 5) is 24.7. The Bertz CT molecular complexity index is 834. The minimum absolute atomic E-state index is 0.0597. The maximum Gasteiger partial charge on any atom is 0.407 e. The third-order valence-electron chi connectivity index (χ3n) is 4.48. The van der Waals surface area contributed by atoms with Crippen LogP contribution in [-0.4, -0.2) is 50.4 Å². The molecule has 2 heterocycles. The maximum atomic E-state index is 11.9. The van der Waals surface area contributed by atoms with Crippen molar-refractivity contribution in [1.29, 1.82) is 0 Å². The number of alkyl carbamates (subject to hydrolysis) is 1. The second-order valence-electron chi connectivity index (χ2n) is 7.82. The third-order valence-corrected chi connectivity index (χ3v) is 4.48. The average Bonchev–Trinajstić information content (AvgIpc) is 2.97. The summed E-state index contributed by atoms with van der Waals surface area (Å²) >= 11 is 0. The molecule has 1 aliphatic rings. The molecule has 0 spiro atoms. The molecule has 0 saturated carbocycles. The van der Waals surface area contributed by atoms with Crippen molar-refractivity contribution in [1.82, 2.24) is 20.0 Å². The highest BCUT2D eigenvalue weighted by molar-refractivity contribution is 5.80. The molecule has 1 aliphatic heterocycles. The molecule has 0 radical (unpaired) electrons. The molecule has 0 bridgehead atoms. The van der Waals surface area contributed by atoms with E-state index in [-0.39, 0.29) is 17.8 Å². The number of ether oxygens (including phenoxy) is 1. The molecule has 1 fully saturated rings. The van der Waals surface area contributed by atoms with Crippen LogP contribution in [0.1, 0.15) is 33.6 Å². The molecule has 146 valence electrons. The van der Waals surface area contributed by atoms with E-state index < -0.39 is 10.5 Å². The molecule has 0 unspecified atom stereocenters. The monoisotopic (exact) mass is 375 g/mol. The van der Waals surface area contributed by atoms with Gasteiger partial charge in [0, 0.05) is 36.7 Å². The number of rotatable bonds is 4. The summed E-state index contributed by atoms with van der Waals surface area (Å²) in [5.74, 6) is 0. The Morgan fingerprint density at radius 2 is 2.07 bits per heavy atom. The largest absolute Gasteiger partial charge is 0.444 e. The fraction of sp³-hybridized carbons (Fsp3) is 0.556. The molecule has 9 nitrogen and oxygen atoms in total. The van der Waals surface area contributed by atoms with E-state index in [4.69, 9.17) is 4.74 Å². The van der Waals surface area contributed by atoms with Crippen molar-refractivity contribution < 1.29 is 14.5 Å². The number of piperidine rings is 1. The van der Waals surface area contributed by atoms with Gasteiger partial charge in [-0.2, -0.15) is 5.10 Å². The van der Waals surface area contributed by atoms with Gasteiger partial charge in [0.25, 0.3) is 5.69 Å². The fourth-order valence-corrected chi connectivity index (χ4v) is 3.17. The molecule has 9 heteroatoms. The van der Waals surface area contributed by atoms with E-state index in [0.29, 0.717) is 6.67 Å². The number of fused-ring (bicyclic) bond motifs is 1. The standard InChI is InChI=1S/C18H25N5O4/c1-18(2,3)27-17(24)20-14-6-8-21(9-7-14)12-22-16-10-15(23(25)26)5-4-13(16)11-19-22/h4-5,10-11,14H,6-9,12H2,1-3H3,(H,20,24). The van der Waals surface area contributed by atoms with Gasteiger partial charge in [0.05, 0.1) is 23.3 Å². The van der Waals surface area contributed by atoms with E-state index in [9.17, 15) is 14.9 Å². The zero-order valence-corrected chi connectivity index (χ0v) is 15.8. The highest BCUT2D eigenvalue weighted by Crippen LogP contribution is 2.21. The van der Waals surface area contributed by atoms with E-state index in [1.54, 1.807) is 23.0 Å². The molecule has 0 atom stereocenters. The molecule has 1 aromatic heterocycles. The molecule has 1 N–H and O–H groups in total. The van der Waals surface area contributed by atoms with Gasteiger partial charge in [-0.25, -0.2) is 4.79 Å². The lowest BCUT2D eigenvalue weighted by molar-refractivity contribution is -0.384. The minimum atomic E-state index is -0.505. The van der Waals surface area contributed by atoms with Gasteiger partial charge in [0.15, 0.2) is 0 Å². The van der Waals surface area contributed by atoms with Crippen LogP contribution in [-0.2, 0) is 11.4 Å². The van der Waals surface area contributed by atoms with Crippen molar-refractivity contribution in [3.63, 3.8) is 0 Å². The fourth-order valence-electron chi connectivity index (χ4n) is 3.17. The third kappa shape index (κ3) is 4.94. The van der Waals surface area contributed by atoms with Gasteiger partial charge in [-0.05, 0) is 39.7 Å². The first kappa shape index (κ1) is 19.1. The summed E-state index contributed by atoms with van der Waals surface area (Å²) < 4.78 is 7.08. The minimum Gasteiger partial charge on any atom is -0.444 e. The van der Waals surface area contributed by atoms with Crippen LogP contribution in [0.4, 0.5) is 10.5 Å². The Balaban J connectivity index is 1.56. The maximum absolute atomic E-state index is 11.9. The zero-order valence-electron chi connectivity index (χ0n) is 15.8. The van der Waals surface area contributed by atoms with Crippen LogP contribution in [0.25, 0.3) is 10.9 Å². The first-order valence-electron chi connectivity index (χ1n) is 9.03. The predicted octanol–water partition coefficient (Wildman–Crippen LogP) is 2.89. The van der Waals surface area contributed by atoms with E-state index >= 15 is 0 Å². The Morgan fingerprint density at radius 3 is 2.70 bits per heavy atom. The summed E-state index contributed by atoms with van der Waals surface area (Å²) in [6.45, 7) is 7.69. The van der Waals surface area contributed by atoms with Crippen LogP contribution in [0.5, 0.6) is 0 Å². The van der Waals surface area contributed by atoms with Crippen molar-refractivity contribution in [2.45, 2.75) is 51.9 Å². The number of nitrogens with one attached hydrogen (secondary N) is 1. The van der Waals surface area contributed by atoms with Crippen LogP contribution in [0.15, 0.2) is 24.4 Å². The molecule has 2 aromatic rings. The van der Waals surface area contributed by atoms with Gasteiger partial charge in [-0.3, -0.25) is 19.7 Å². The number of nitro benzene ring substituents is 1. The number of amides is 1. The van der Waals surface area contributed by atoms with Crippen LogP contribution < -0.4 is 5.32 Å². The van der Waals surface area contributed by atoms with Crippen LogP contribution in [0.2, 0.25) is 0 Å². The van der Waals surface area contributed by atoms with Crippen LogP contribution in [0, 0.1) is 10.1 Å². The first-order chi connectivity index (χ1) is 12.7. The molecule has 0 aliphatic carbocycles. The van der Waals surface area contributed by atoms with Crippen molar-refractivity contribution in [2.24, 2.45) is 0 Å². The van der Waals surface area contributed by atoms with Crippen LogP contribution >= 0.6 is 0 Å². The number of hydrogen-bond donors (Lipinski definition) is 1. The van der Waals surface area contributed by atoms with E-state index in [1.807, 2.05) is 20.8 Å². The number of likely N-dealkylation sites (tertiary alicyclic amines) is 1. The number of hydrogen-bond acceptors (Lipinski definition) is 6. The molecule has 3 rings (SSSR count). The summed E-state index contributed by atoms with van der Waals surface area (Å²) in [5.41, 5.74) is 0.303. The lowest BCUT2D eigenvalue weighted by Gasteiger charge is -2.32. The van der Waals surface area contributed by atoms with Crippen molar-refractivity contribution in [3.05, 3.63) is 34.5 Å². The quantitative estimate of drug-likeness (QED) is 0.651.